The molecule has 0 aliphatic rings. The first-order chi connectivity index (χ1) is 7.31. The highest BCUT2D eigenvalue weighted by Crippen LogP contribution is 2.25. The SMILES string of the molecule is Cc1cnccc1-c1nc(CCN)cs1. The van der Waals surface area contributed by atoms with E-state index in [1.165, 1.54) is 5.56 Å². The zero-order valence-electron chi connectivity index (χ0n) is 8.60. The molecule has 0 saturated carbocycles. The standard InChI is InChI=1S/C11H13N3S/c1-8-6-13-5-3-10(8)11-14-9(2-4-12)7-15-11/h3,5-7H,2,4,12H2,1H3. The van der Waals surface area contributed by atoms with Crippen molar-refractivity contribution >= 4 is 11.3 Å². The van der Waals surface area contributed by atoms with E-state index in [4.69, 9.17) is 5.73 Å². The van der Waals surface area contributed by atoms with E-state index >= 15 is 0 Å². The molecule has 0 atom stereocenters. The fourth-order valence-corrected chi connectivity index (χ4v) is 2.35. The summed E-state index contributed by atoms with van der Waals surface area (Å²) in [5.41, 5.74) is 8.89. The molecule has 2 aromatic heterocycles. The predicted molar refractivity (Wildman–Crippen MR) is 62.8 cm³/mol. The van der Waals surface area contributed by atoms with Crippen LogP contribution in [0.4, 0.5) is 0 Å². The van der Waals surface area contributed by atoms with Gasteiger partial charge in [0, 0.05) is 29.8 Å². The number of rotatable bonds is 3. The molecule has 78 valence electrons. The average molecular weight is 219 g/mol. The van der Waals surface area contributed by atoms with Gasteiger partial charge in [0.05, 0.1) is 5.69 Å². The van der Waals surface area contributed by atoms with E-state index in [9.17, 15) is 0 Å². The smallest absolute Gasteiger partial charge is 0.123 e. The molecule has 0 aliphatic heterocycles. The molecule has 0 amide bonds. The van der Waals surface area contributed by atoms with Gasteiger partial charge in [0.1, 0.15) is 5.01 Å². The Morgan fingerprint density at radius 1 is 1.47 bits per heavy atom. The van der Waals surface area contributed by atoms with Crippen LogP contribution in [-0.2, 0) is 6.42 Å². The van der Waals surface area contributed by atoms with Crippen LogP contribution < -0.4 is 5.73 Å². The highest BCUT2D eigenvalue weighted by Gasteiger charge is 2.06. The minimum atomic E-state index is 0.651. The second-order valence-electron chi connectivity index (χ2n) is 3.37. The first-order valence-corrected chi connectivity index (χ1v) is 5.74. The fraction of sp³-hybridized carbons (Fsp3) is 0.273. The normalized spacial score (nSPS) is 10.5. The van der Waals surface area contributed by atoms with E-state index in [0.29, 0.717) is 6.54 Å². The number of aromatic nitrogens is 2. The number of aryl methyl sites for hydroxylation is 1. The van der Waals surface area contributed by atoms with Gasteiger partial charge in [-0.15, -0.1) is 11.3 Å². The molecule has 0 fully saturated rings. The zero-order chi connectivity index (χ0) is 10.7. The maximum Gasteiger partial charge on any atom is 0.123 e. The molecule has 0 aromatic carbocycles. The molecular formula is C11H13N3S. The van der Waals surface area contributed by atoms with Gasteiger partial charge in [0.15, 0.2) is 0 Å². The van der Waals surface area contributed by atoms with Gasteiger partial charge in [-0.2, -0.15) is 0 Å². The lowest BCUT2D eigenvalue weighted by molar-refractivity contribution is 0.936. The lowest BCUT2D eigenvalue weighted by atomic mass is 10.2. The monoisotopic (exact) mass is 219 g/mol. The lowest BCUT2D eigenvalue weighted by Crippen LogP contribution is -2.02. The molecule has 2 heterocycles. The van der Waals surface area contributed by atoms with E-state index in [1.807, 2.05) is 19.2 Å². The summed E-state index contributed by atoms with van der Waals surface area (Å²) in [4.78, 5) is 8.61. The van der Waals surface area contributed by atoms with Crippen molar-refractivity contribution in [2.75, 3.05) is 6.54 Å². The number of nitrogens with two attached hydrogens (primary N) is 1. The molecule has 15 heavy (non-hydrogen) atoms. The van der Waals surface area contributed by atoms with E-state index in [2.05, 4.69) is 15.3 Å². The quantitative estimate of drug-likeness (QED) is 0.859. The summed E-state index contributed by atoms with van der Waals surface area (Å²) < 4.78 is 0. The number of hydrogen-bond acceptors (Lipinski definition) is 4. The van der Waals surface area contributed by atoms with Crippen LogP contribution in [0.2, 0.25) is 0 Å². The molecule has 0 bridgehead atoms. The third kappa shape index (κ3) is 2.22. The van der Waals surface area contributed by atoms with E-state index in [-0.39, 0.29) is 0 Å². The van der Waals surface area contributed by atoms with Crippen LogP contribution in [0.3, 0.4) is 0 Å². The van der Waals surface area contributed by atoms with Crippen LogP contribution in [0.25, 0.3) is 10.6 Å². The third-order valence-electron chi connectivity index (χ3n) is 2.20. The van der Waals surface area contributed by atoms with Gasteiger partial charge >= 0.3 is 0 Å². The maximum atomic E-state index is 5.49. The number of thiazole rings is 1. The third-order valence-corrected chi connectivity index (χ3v) is 3.13. The van der Waals surface area contributed by atoms with Gasteiger partial charge in [-0.05, 0) is 25.1 Å². The van der Waals surface area contributed by atoms with Crippen molar-refractivity contribution in [3.8, 4) is 10.6 Å². The highest BCUT2D eigenvalue weighted by atomic mass is 32.1. The van der Waals surface area contributed by atoms with Gasteiger partial charge in [-0.3, -0.25) is 4.98 Å². The van der Waals surface area contributed by atoms with Crippen LogP contribution >= 0.6 is 11.3 Å². The average Bonchev–Trinajstić information content (AvgIpc) is 2.68. The van der Waals surface area contributed by atoms with Gasteiger partial charge in [0.2, 0.25) is 0 Å². The van der Waals surface area contributed by atoms with Gasteiger partial charge in [-0.25, -0.2) is 4.98 Å². The summed E-state index contributed by atoms with van der Waals surface area (Å²) in [6.45, 7) is 2.70. The minimum Gasteiger partial charge on any atom is -0.330 e. The van der Waals surface area contributed by atoms with Gasteiger partial charge in [-0.1, -0.05) is 0 Å². The van der Waals surface area contributed by atoms with E-state index in [1.54, 1.807) is 17.5 Å². The first-order valence-electron chi connectivity index (χ1n) is 4.86. The minimum absolute atomic E-state index is 0.651. The molecule has 2 rings (SSSR count). The fourth-order valence-electron chi connectivity index (χ4n) is 1.41. The Bertz CT molecular complexity index is 451. The maximum absolute atomic E-state index is 5.49. The molecule has 0 aliphatic carbocycles. The number of hydrogen-bond donors (Lipinski definition) is 1. The second-order valence-corrected chi connectivity index (χ2v) is 4.23. The summed E-state index contributed by atoms with van der Waals surface area (Å²) in [5.74, 6) is 0. The Morgan fingerprint density at radius 3 is 3.07 bits per heavy atom. The van der Waals surface area contributed by atoms with Crippen molar-refractivity contribution in [2.45, 2.75) is 13.3 Å². The molecule has 0 saturated heterocycles. The zero-order valence-corrected chi connectivity index (χ0v) is 9.42. The Labute approximate surface area is 93.0 Å². The Balaban J connectivity index is 2.33. The molecule has 3 nitrogen and oxygen atoms in total. The Hall–Kier alpha value is -1.26. The number of pyridine rings is 1. The van der Waals surface area contributed by atoms with E-state index in [0.717, 1.165) is 22.7 Å². The molecule has 0 radical (unpaired) electrons. The van der Waals surface area contributed by atoms with E-state index < -0.39 is 0 Å². The Kier molecular flexibility index (Phi) is 3.08. The van der Waals surface area contributed by atoms with Crippen molar-refractivity contribution in [2.24, 2.45) is 5.73 Å². The molecule has 2 N–H and O–H groups in total. The van der Waals surface area contributed by atoms with Gasteiger partial charge < -0.3 is 5.73 Å². The van der Waals surface area contributed by atoms with Crippen molar-refractivity contribution in [3.63, 3.8) is 0 Å². The molecule has 4 heteroatoms. The van der Waals surface area contributed by atoms with Gasteiger partial charge in [0.25, 0.3) is 0 Å². The number of nitrogens with zero attached hydrogens (tertiary/aromatic N) is 2. The first kappa shape index (κ1) is 10.3. The van der Waals surface area contributed by atoms with Crippen LogP contribution in [0.1, 0.15) is 11.3 Å². The van der Waals surface area contributed by atoms with Crippen molar-refractivity contribution in [1.29, 1.82) is 0 Å². The van der Waals surface area contributed by atoms with Crippen LogP contribution in [0.15, 0.2) is 23.8 Å². The molecule has 0 unspecified atom stereocenters. The van der Waals surface area contributed by atoms with Crippen molar-refractivity contribution in [1.82, 2.24) is 9.97 Å². The second kappa shape index (κ2) is 4.51. The lowest BCUT2D eigenvalue weighted by Gasteiger charge is -1.99. The summed E-state index contributed by atoms with van der Waals surface area (Å²) in [7, 11) is 0. The molecular weight excluding hydrogens is 206 g/mol. The molecule has 2 aromatic rings. The predicted octanol–water partition coefficient (Wildman–Crippen LogP) is 2.01. The van der Waals surface area contributed by atoms with Crippen molar-refractivity contribution in [3.05, 3.63) is 35.1 Å². The molecule has 0 spiro atoms. The summed E-state index contributed by atoms with van der Waals surface area (Å²) in [5, 5.41) is 3.13. The van der Waals surface area contributed by atoms with Crippen LogP contribution in [-0.4, -0.2) is 16.5 Å². The summed E-state index contributed by atoms with van der Waals surface area (Å²) >= 11 is 1.66. The highest BCUT2D eigenvalue weighted by molar-refractivity contribution is 7.13. The topological polar surface area (TPSA) is 51.8 Å². The summed E-state index contributed by atoms with van der Waals surface area (Å²) in [6.07, 6.45) is 4.51. The largest absolute Gasteiger partial charge is 0.330 e. The van der Waals surface area contributed by atoms with Crippen LogP contribution in [0, 0.1) is 6.92 Å². The van der Waals surface area contributed by atoms with Crippen molar-refractivity contribution < 1.29 is 0 Å². The summed E-state index contributed by atoms with van der Waals surface area (Å²) in [6, 6.07) is 2.00. The van der Waals surface area contributed by atoms with Crippen LogP contribution in [0.5, 0.6) is 0 Å². The Morgan fingerprint density at radius 2 is 2.33 bits per heavy atom.